The number of hydrazone groups is 1. The number of likely N-dealkylation sites (N-methyl/N-ethyl adjacent to an activating group) is 1. The zero-order valence-electron chi connectivity index (χ0n) is 18.9. The summed E-state index contributed by atoms with van der Waals surface area (Å²) >= 11 is 0. The van der Waals surface area contributed by atoms with Crippen molar-refractivity contribution in [1.29, 1.82) is 0 Å². The minimum atomic E-state index is -4.66. The first kappa shape index (κ1) is 27.1. The molecule has 3 N–H and O–H groups in total. The molecule has 1 aromatic heterocycles. The first-order valence-corrected chi connectivity index (χ1v) is 10.3. The predicted molar refractivity (Wildman–Crippen MR) is 118 cm³/mol. The molecule has 0 aliphatic carbocycles. The zero-order valence-corrected chi connectivity index (χ0v) is 18.9. The largest absolute Gasteiger partial charge is 0.480 e. The van der Waals surface area contributed by atoms with Crippen LogP contribution >= 0.6 is 0 Å². The number of hydrogen-bond donors (Lipinski definition) is 3. The number of aromatic nitrogens is 1. The second-order valence-corrected chi connectivity index (χ2v) is 7.15. The Balaban J connectivity index is 2.65. The lowest BCUT2D eigenvalue weighted by molar-refractivity contribution is -0.189. The van der Waals surface area contributed by atoms with Gasteiger partial charge in [-0.2, -0.15) is 18.3 Å². The van der Waals surface area contributed by atoms with Crippen LogP contribution < -0.4 is 14.5 Å². The van der Waals surface area contributed by atoms with Gasteiger partial charge in [-0.3, -0.25) is 14.7 Å². The van der Waals surface area contributed by atoms with Gasteiger partial charge in [0.2, 0.25) is 12.3 Å². The molecule has 2 aromatic rings. The molecule has 1 amide bonds. The van der Waals surface area contributed by atoms with Gasteiger partial charge in [-0.25, -0.2) is 4.98 Å². The Morgan fingerprint density at radius 1 is 1.24 bits per heavy atom. The Morgan fingerprint density at radius 3 is 2.44 bits per heavy atom. The Labute approximate surface area is 193 Å². The Hall–Kier alpha value is -3.16. The first-order valence-electron chi connectivity index (χ1n) is 10.3. The summed E-state index contributed by atoms with van der Waals surface area (Å²) in [6.07, 6.45) is -6.05. The number of fused-ring (bicyclic) bond motifs is 1. The monoisotopic (exact) mass is 488 g/mol. The molecule has 13 heteroatoms. The van der Waals surface area contributed by atoms with E-state index < -0.39 is 38.2 Å². The molecular weight excluding hydrogens is 461 g/mol. The van der Waals surface area contributed by atoms with Gasteiger partial charge in [0.25, 0.3) is 0 Å². The van der Waals surface area contributed by atoms with Crippen molar-refractivity contribution in [1.82, 2.24) is 9.88 Å². The van der Waals surface area contributed by atoms with E-state index in [2.05, 4.69) is 10.1 Å². The standard InChI is InChI=1S/C21H27F3N4O6/c1-4-28(12-32)18(11-31)26-27(3)15-7-14-5-6-25-20(34-16(9-29)10-30)19(14)17(8-15)33-13(2)21(22,23)24/h5-8,12-13,16,29-31H,4,9-11H2,1-3H3/b26-18-. The van der Waals surface area contributed by atoms with Gasteiger partial charge in [0.1, 0.15) is 18.5 Å². The molecule has 2 rings (SSSR count). The maximum Gasteiger partial charge on any atom is 0.425 e. The van der Waals surface area contributed by atoms with Crippen molar-refractivity contribution in [2.24, 2.45) is 5.10 Å². The lowest BCUT2D eigenvalue weighted by atomic mass is 10.1. The summed E-state index contributed by atoms with van der Waals surface area (Å²) in [5.41, 5.74) is 0.280. The lowest BCUT2D eigenvalue weighted by Gasteiger charge is -2.24. The smallest absolute Gasteiger partial charge is 0.425 e. The summed E-state index contributed by atoms with van der Waals surface area (Å²) in [4.78, 5) is 16.4. The maximum atomic E-state index is 13.3. The number of hydrogen-bond acceptors (Lipinski definition) is 9. The van der Waals surface area contributed by atoms with Crippen LogP contribution in [0.3, 0.4) is 0 Å². The molecule has 0 aliphatic heterocycles. The average Bonchev–Trinajstić information content (AvgIpc) is 2.81. The molecule has 0 bridgehead atoms. The van der Waals surface area contributed by atoms with Crippen LogP contribution in [-0.2, 0) is 4.79 Å². The summed E-state index contributed by atoms with van der Waals surface area (Å²) in [7, 11) is 1.48. The molecule has 1 unspecified atom stereocenters. The third-order valence-electron chi connectivity index (χ3n) is 4.81. The van der Waals surface area contributed by atoms with Crippen molar-refractivity contribution in [3.05, 3.63) is 24.4 Å². The molecule has 0 spiro atoms. The van der Waals surface area contributed by atoms with Crippen molar-refractivity contribution in [3.63, 3.8) is 0 Å². The van der Waals surface area contributed by atoms with E-state index in [0.29, 0.717) is 11.8 Å². The number of amides is 1. The van der Waals surface area contributed by atoms with Gasteiger partial charge in [0.15, 0.2) is 11.9 Å². The van der Waals surface area contributed by atoms with E-state index in [1.165, 1.54) is 35.3 Å². The Bertz CT molecular complexity index is 1000. The fourth-order valence-corrected chi connectivity index (χ4v) is 2.88. The fourth-order valence-electron chi connectivity index (χ4n) is 2.88. The number of carbonyl (C=O) groups is 1. The van der Waals surface area contributed by atoms with Crippen LogP contribution in [0.1, 0.15) is 13.8 Å². The van der Waals surface area contributed by atoms with Crippen LogP contribution in [-0.4, -0.2) is 89.2 Å². The molecule has 188 valence electrons. The normalized spacial score (nSPS) is 13.2. The second-order valence-electron chi connectivity index (χ2n) is 7.15. The van der Waals surface area contributed by atoms with Crippen LogP contribution in [0.25, 0.3) is 10.8 Å². The molecule has 0 saturated heterocycles. The Kier molecular flexibility index (Phi) is 9.41. The minimum absolute atomic E-state index is 0.0266. The SMILES string of the molecule is CCN(C=O)/C(CO)=N\N(C)c1cc(OC(C)C(F)(F)F)c2c(OC(CO)CO)nccc2c1. The molecule has 0 aliphatic rings. The van der Waals surface area contributed by atoms with Gasteiger partial charge in [0, 0.05) is 25.9 Å². The third-order valence-corrected chi connectivity index (χ3v) is 4.81. The van der Waals surface area contributed by atoms with E-state index in [1.54, 1.807) is 13.0 Å². The minimum Gasteiger partial charge on any atom is -0.480 e. The molecule has 1 heterocycles. The van der Waals surface area contributed by atoms with Crippen molar-refractivity contribution in [2.75, 3.05) is 38.4 Å². The summed E-state index contributed by atoms with van der Waals surface area (Å²) in [5, 5.41) is 34.2. The summed E-state index contributed by atoms with van der Waals surface area (Å²) < 4.78 is 50.5. The number of rotatable bonds is 11. The summed E-state index contributed by atoms with van der Waals surface area (Å²) in [5.74, 6) is -0.342. The lowest BCUT2D eigenvalue weighted by Crippen LogP contribution is -2.34. The second kappa shape index (κ2) is 11.8. The van der Waals surface area contributed by atoms with Crippen LogP contribution in [0.4, 0.5) is 18.9 Å². The fraction of sp³-hybridized carbons (Fsp3) is 0.476. The number of halogens is 3. The molecule has 0 fully saturated rings. The number of carbonyl (C=O) groups excluding carboxylic acids is 1. The average molecular weight is 488 g/mol. The number of pyridine rings is 1. The Morgan fingerprint density at radius 2 is 1.91 bits per heavy atom. The number of amidine groups is 1. The molecule has 1 atom stereocenters. The van der Waals surface area contributed by atoms with E-state index in [1.807, 2.05) is 0 Å². The number of alkyl halides is 3. The van der Waals surface area contributed by atoms with Gasteiger partial charge in [-0.1, -0.05) is 0 Å². The van der Waals surface area contributed by atoms with Crippen LogP contribution in [0.15, 0.2) is 29.5 Å². The number of benzene rings is 1. The van der Waals surface area contributed by atoms with Crippen molar-refractivity contribution < 1.29 is 42.8 Å². The van der Waals surface area contributed by atoms with E-state index >= 15 is 0 Å². The van der Waals surface area contributed by atoms with Crippen LogP contribution in [0.2, 0.25) is 0 Å². The van der Waals surface area contributed by atoms with Crippen molar-refractivity contribution in [2.45, 2.75) is 32.2 Å². The van der Waals surface area contributed by atoms with Gasteiger partial charge < -0.3 is 24.8 Å². The molecule has 0 radical (unpaired) electrons. The number of nitrogens with zero attached hydrogens (tertiary/aromatic N) is 4. The molecule has 34 heavy (non-hydrogen) atoms. The van der Waals surface area contributed by atoms with Gasteiger partial charge in [-0.15, -0.1) is 0 Å². The van der Waals surface area contributed by atoms with Crippen LogP contribution in [0, 0.1) is 0 Å². The highest BCUT2D eigenvalue weighted by molar-refractivity contribution is 5.96. The summed E-state index contributed by atoms with van der Waals surface area (Å²) in [6, 6.07) is 4.36. The van der Waals surface area contributed by atoms with Crippen LogP contribution in [0.5, 0.6) is 11.6 Å². The van der Waals surface area contributed by atoms with E-state index in [0.717, 1.165) is 6.92 Å². The quantitative estimate of drug-likeness (QED) is 0.188. The molecular formula is C21H27F3N4O6. The van der Waals surface area contributed by atoms with E-state index in [9.17, 15) is 33.3 Å². The van der Waals surface area contributed by atoms with Crippen molar-refractivity contribution >= 4 is 28.7 Å². The predicted octanol–water partition coefficient (Wildman–Crippen LogP) is 1.52. The molecule has 10 nitrogen and oxygen atoms in total. The van der Waals surface area contributed by atoms with E-state index in [-0.39, 0.29) is 35.1 Å². The highest BCUT2D eigenvalue weighted by atomic mass is 19.4. The maximum absolute atomic E-state index is 13.3. The number of aliphatic hydroxyl groups is 3. The van der Waals surface area contributed by atoms with Gasteiger partial charge >= 0.3 is 6.18 Å². The zero-order chi connectivity index (χ0) is 25.5. The van der Waals surface area contributed by atoms with Gasteiger partial charge in [0.05, 0.1) is 24.3 Å². The van der Waals surface area contributed by atoms with Crippen molar-refractivity contribution in [3.8, 4) is 11.6 Å². The first-order chi connectivity index (χ1) is 16.1. The number of aliphatic hydroxyl groups excluding tert-OH is 3. The molecule has 1 aromatic carbocycles. The topological polar surface area (TPSA) is 128 Å². The summed E-state index contributed by atoms with van der Waals surface area (Å²) in [6.45, 7) is 1.12. The number of ether oxygens (including phenoxy) is 2. The third kappa shape index (κ3) is 6.46. The molecule has 0 saturated carbocycles. The highest BCUT2D eigenvalue weighted by Crippen LogP contribution is 2.39. The van der Waals surface area contributed by atoms with E-state index in [4.69, 9.17) is 9.47 Å². The number of anilines is 1. The highest BCUT2D eigenvalue weighted by Gasteiger charge is 2.38. The van der Waals surface area contributed by atoms with Gasteiger partial charge in [-0.05, 0) is 31.4 Å².